The second kappa shape index (κ2) is 9.02. The van der Waals surface area contributed by atoms with Crippen molar-refractivity contribution in [3.8, 4) is 16.9 Å². The number of benzene rings is 2. The molecule has 0 aliphatic heterocycles. The van der Waals surface area contributed by atoms with Crippen LogP contribution in [0.5, 0.6) is 5.75 Å². The van der Waals surface area contributed by atoms with Crippen LogP contribution in [0.15, 0.2) is 47.5 Å². The minimum absolute atomic E-state index is 0.327. The monoisotopic (exact) mass is 349 g/mol. The van der Waals surface area contributed by atoms with Crippen LogP contribution in [-0.4, -0.2) is 17.4 Å². The highest BCUT2D eigenvalue weighted by molar-refractivity contribution is 5.87. The van der Waals surface area contributed by atoms with Crippen molar-refractivity contribution in [2.75, 3.05) is 0 Å². The number of phenols is 1. The molecule has 0 unspecified atom stereocenters. The molecule has 2 aromatic carbocycles. The fraction of sp³-hybridized carbons (Fsp3) is 0.458. The molecule has 0 atom stereocenters. The fourth-order valence-corrected chi connectivity index (χ4v) is 3.99. The maximum absolute atomic E-state index is 11.0. The van der Waals surface area contributed by atoms with E-state index in [1.54, 1.807) is 0 Å². The zero-order valence-corrected chi connectivity index (χ0v) is 16.1. The largest absolute Gasteiger partial charge is 0.507 e. The van der Waals surface area contributed by atoms with Crippen molar-refractivity contribution in [1.82, 2.24) is 0 Å². The summed E-state index contributed by atoms with van der Waals surface area (Å²) in [6, 6.07) is 15.1. The second-order valence-corrected chi connectivity index (χ2v) is 7.45. The Morgan fingerprint density at radius 3 is 2.35 bits per heavy atom. The van der Waals surface area contributed by atoms with Crippen LogP contribution in [0.2, 0.25) is 0 Å². The first-order chi connectivity index (χ1) is 12.7. The van der Waals surface area contributed by atoms with Gasteiger partial charge in [-0.05, 0) is 60.4 Å². The van der Waals surface area contributed by atoms with Gasteiger partial charge >= 0.3 is 0 Å². The first-order valence-electron chi connectivity index (χ1n) is 10.2. The SMILES string of the molecule is CCC(CC)N=Cc1cc(-c2ccccc2)cc(C2CCCCC2)c1O. The van der Waals surface area contributed by atoms with E-state index in [4.69, 9.17) is 4.99 Å². The van der Waals surface area contributed by atoms with Crippen LogP contribution in [0.1, 0.15) is 75.8 Å². The number of rotatable bonds is 6. The molecule has 138 valence electrons. The molecule has 0 heterocycles. The minimum Gasteiger partial charge on any atom is -0.507 e. The third kappa shape index (κ3) is 4.35. The standard InChI is InChI=1S/C24H31NO/c1-3-22(4-2)25-17-21-15-20(18-11-7-5-8-12-18)16-23(24(21)26)19-13-9-6-10-14-19/h5,7-8,11-12,15-17,19,22,26H,3-4,6,9-10,13-14H2,1-2H3. The van der Waals surface area contributed by atoms with Crippen LogP contribution in [0, 0.1) is 0 Å². The van der Waals surface area contributed by atoms with Crippen LogP contribution in [0.3, 0.4) is 0 Å². The number of hydrogen-bond donors (Lipinski definition) is 1. The molecule has 0 radical (unpaired) electrons. The lowest BCUT2D eigenvalue weighted by Gasteiger charge is -2.24. The zero-order chi connectivity index (χ0) is 18.4. The molecule has 0 aromatic heterocycles. The van der Waals surface area contributed by atoms with Crippen molar-refractivity contribution in [2.45, 2.75) is 70.8 Å². The van der Waals surface area contributed by atoms with Crippen molar-refractivity contribution in [3.05, 3.63) is 53.6 Å². The van der Waals surface area contributed by atoms with Crippen molar-refractivity contribution >= 4 is 6.21 Å². The van der Waals surface area contributed by atoms with Gasteiger partial charge in [0, 0.05) is 17.8 Å². The van der Waals surface area contributed by atoms with Crippen LogP contribution in [0.4, 0.5) is 0 Å². The molecule has 0 saturated heterocycles. The first kappa shape index (κ1) is 18.7. The summed E-state index contributed by atoms with van der Waals surface area (Å²) in [5.74, 6) is 0.902. The number of hydrogen-bond acceptors (Lipinski definition) is 2. The van der Waals surface area contributed by atoms with Gasteiger partial charge in [-0.25, -0.2) is 0 Å². The Hall–Kier alpha value is -2.09. The maximum Gasteiger partial charge on any atom is 0.127 e. The predicted octanol–water partition coefficient (Wildman–Crippen LogP) is 6.71. The van der Waals surface area contributed by atoms with Gasteiger partial charge in [0.1, 0.15) is 5.75 Å². The van der Waals surface area contributed by atoms with Gasteiger partial charge in [0.2, 0.25) is 0 Å². The van der Waals surface area contributed by atoms with E-state index in [1.807, 2.05) is 12.3 Å². The number of nitrogens with zero attached hydrogens (tertiary/aromatic N) is 1. The number of aromatic hydroxyl groups is 1. The van der Waals surface area contributed by atoms with E-state index in [9.17, 15) is 5.11 Å². The van der Waals surface area contributed by atoms with Crippen molar-refractivity contribution in [3.63, 3.8) is 0 Å². The van der Waals surface area contributed by atoms with Crippen LogP contribution in [0.25, 0.3) is 11.1 Å². The maximum atomic E-state index is 11.0. The van der Waals surface area contributed by atoms with Crippen LogP contribution >= 0.6 is 0 Å². The van der Waals surface area contributed by atoms with Gasteiger partial charge in [-0.2, -0.15) is 0 Å². The molecule has 1 fully saturated rings. The summed E-state index contributed by atoms with van der Waals surface area (Å²) in [6.45, 7) is 4.33. The lowest BCUT2D eigenvalue weighted by molar-refractivity contribution is 0.414. The van der Waals surface area contributed by atoms with Gasteiger partial charge in [0.25, 0.3) is 0 Å². The molecule has 2 heteroatoms. The van der Waals surface area contributed by atoms with Gasteiger partial charge in [-0.1, -0.05) is 63.4 Å². The van der Waals surface area contributed by atoms with E-state index in [2.05, 4.69) is 50.2 Å². The Morgan fingerprint density at radius 2 is 1.69 bits per heavy atom. The molecular formula is C24H31NO. The molecule has 1 aliphatic rings. The predicted molar refractivity (Wildman–Crippen MR) is 111 cm³/mol. The average Bonchev–Trinajstić information content (AvgIpc) is 2.71. The number of phenolic OH excluding ortho intramolecular Hbond substituents is 1. The Bertz CT molecular complexity index is 725. The molecule has 2 aromatic rings. The third-order valence-electron chi connectivity index (χ3n) is 5.69. The van der Waals surface area contributed by atoms with Gasteiger partial charge in [0.05, 0.1) is 0 Å². The normalized spacial score (nSPS) is 15.8. The Kier molecular flexibility index (Phi) is 6.49. The van der Waals surface area contributed by atoms with E-state index in [0.717, 1.165) is 24.0 Å². The van der Waals surface area contributed by atoms with E-state index in [0.29, 0.717) is 17.7 Å². The molecule has 1 N–H and O–H groups in total. The van der Waals surface area contributed by atoms with Crippen molar-refractivity contribution in [1.29, 1.82) is 0 Å². The Morgan fingerprint density at radius 1 is 1.00 bits per heavy atom. The Labute approximate surface area is 158 Å². The van der Waals surface area contributed by atoms with E-state index < -0.39 is 0 Å². The van der Waals surface area contributed by atoms with E-state index >= 15 is 0 Å². The van der Waals surface area contributed by atoms with Crippen LogP contribution in [-0.2, 0) is 0 Å². The summed E-state index contributed by atoms with van der Waals surface area (Å²) in [4.78, 5) is 4.73. The third-order valence-corrected chi connectivity index (χ3v) is 5.69. The molecule has 0 amide bonds. The molecule has 1 saturated carbocycles. The highest BCUT2D eigenvalue weighted by atomic mass is 16.3. The summed E-state index contributed by atoms with van der Waals surface area (Å²) in [7, 11) is 0. The topological polar surface area (TPSA) is 32.6 Å². The summed E-state index contributed by atoms with van der Waals surface area (Å²) < 4.78 is 0. The molecule has 26 heavy (non-hydrogen) atoms. The van der Waals surface area contributed by atoms with Gasteiger partial charge in [0.15, 0.2) is 0 Å². The summed E-state index contributed by atoms with van der Waals surface area (Å²) in [5, 5.41) is 11.0. The quantitative estimate of drug-likeness (QED) is 0.577. The summed E-state index contributed by atoms with van der Waals surface area (Å²) >= 11 is 0. The van der Waals surface area contributed by atoms with Crippen molar-refractivity contribution < 1.29 is 5.11 Å². The highest BCUT2D eigenvalue weighted by Crippen LogP contribution is 2.40. The first-order valence-corrected chi connectivity index (χ1v) is 10.2. The second-order valence-electron chi connectivity index (χ2n) is 7.45. The zero-order valence-electron chi connectivity index (χ0n) is 16.1. The Balaban J connectivity index is 2.04. The van der Waals surface area contributed by atoms with Crippen molar-refractivity contribution in [2.24, 2.45) is 4.99 Å². The van der Waals surface area contributed by atoms with Gasteiger partial charge in [-0.3, -0.25) is 4.99 Å². The lowest BCUT2D eigenvalue weighted by atomic mass is 9.82. The van der Waals surface area contributed by atoms with E-state index in [1.165, 1.54) is 43.2 Å². The minimum atomic E-state index is 0.327. The molecule has 0 spiro atoms. The van der Waals surface area contributed by atoms with E-state index in [-0.39, 0.29) is 0 Å². The highest BCUT2D eigenvalue weighted by Gasteiger charge is 2.21. The van der Waals surface area contributed by atoms with Gasteiger partial charge in [-0.15, -0.1) is 0 Å². The number of aliphatic imine (C=N–C) groups is 1. The molecule has 0 bridgehead atoms. The average molecular weight is 350 g/mol. The van der Waals surface area contributed by atoms with Gasteiger partial charge < -0.3 is 5.11 Å². The molecule has 1 aliphatic carbocycles. The summed E-state index contributed by atoms with van der Waals surface area (Å²) in [5.41, 5.74) is 4.34. The molecular weight excluding hydrogens is 318 g/mol. The van der Waals surface area contributed by atoms with Crippen LogP contribution < -0.4 is 0 Å². The summed E-state index contributed by atoms with van der Waals surface area (Å²) in [6.07, 6.45) is 10.1. The smallest absolute Gasteiger partial charge is 0.127 e. The lowest BCUT2D eigenvalue weighted by Crippen LogP contribution is -2.06. The fourth-order valence-electron chi connectivity index (χ4n) is 3.99. The molecule has 2 nitrogen and oxygen atoms in total. The molecule has 3 rings (SSSR count).